The summed E-state index contributed by atoms with van der Waals surface area (Å²) in [5.74, 6) is 0.890. The molecule has 1 aromatic heterocycles. The third kappa shape index (κ3) is 4.64. The second-order valence-electron chi connectivity index (χ2n) is 5.31. The van der Waals surface area contributed by atoms with Crippen LogP contribution in [-0.4, -0.2) is 36.7 Å². The lowest BCUT2D eigenvalue weighted by atomic mass is 10.2. The molecular formula is C17H22N2O2S. The largest absolute Gasteiger partial charge is 0.468 e. The van der Waals surface area contributed by atoms with E-state index in [0.717, 1.165) is 10.7 Å². The fraction of sp³-hybridized carbons (Fsp3) is 0.353. The van der Waals surface area contributed by atoms with Crippen molar-refractivity contribution in [3.8, 4) is 0 Å². The van der Waals surface area contributed by atoms with Crippen LogP contribution >= 0.6 is 11.8 Å². The lowest BCUT2D eigenvalue weighted by Gasteiger charge is -2.23. The molecule has 4 nitrogen and oxygen atoms in total. The SMILES string of the molecule is CC(Sc1ccccc1)C(=O)NCC(c1ccco1)N(C)C. The Balaban J connectivity index is 1.88. The van der Waals surface area contributed by atoms with E-state index in [1.54, 1.807) is 18.0 Å². The molecule has 0 bridgehead atoms. The molecule has 2 atom stereocenters. The van der Waals surface area contributed by atoms with Crippen molar-refractivity contribution < 1.29 is 9.21 Å². The summed E-state index contributed by atoms with van der Waals surface area (Å²) in [5, 5.41) is 2.87. The van der Waals surface area contributed by atoms with Crippen LogP contribution < -0.4 is 5.32 Å². The highest BCUT2D eigenvalue weighted by Gasteiger charge is 2.20. The van der Waals surface area contributed by atoms with Gasteiger partial charge in [0.1, 0.15) is 5.76 Å². The second kappa shape index (κ2) is 8.06. The van der Waals surface area contributed by atoms with Gasteiger partial charge in [0.05, 0.1) is 17.6 Å². The Morgan fingerprint density at radius 3 is 2.55 bits per heavy atom. The van der Waals surface area contributed by atoms with Crippen molar-refractivity contribution in [2.24, 2.45) is 0 Å². The molecule has 2 aromatic rings. The van der Waals surface area contributed by atoms with Gasteiger partial charge >= 0.3 is 0 Å². The molecular weight excluding hydrogens is 296 g/mol. The van der Waals surface area contributed by atoms with Crippen LogP contribution in [0.15, 0.2) is 58.0 Å². The highest BCUT2D eigenvalue weighted by Crippen LogP contribution is 2.23. The zero-order chi connectivity index (χ0) is 15.9. The van der Waals surface area contributed by atoms with E-state index in [2.05, 4.69) is 5.32 Å². The first-order valence-corrected chi connectivity index (χ1v) is 8.15. The summed E-state index contributed by atoms with van der Waals surface area (Å²) in [7, 11) is 3.95. The molecule has 0 aliphatic rings. The Labute approximate surface area is 135 Å². The molecule has 0 fully saturated rings. The van der Waals surface area contributed by atoms with Gasteiger partial charge in [0.2, 0.25) is 5.91 Å². The summed E-state index contributed by atoms with van der Waals surface area (Å²) >= 11 is 1.56. The normalized spacial score (nSPS) is 13.8. The molecule has 0 radical (unpaired) electrons. The summed E-state index contributed by atoms with van der Waals surface area (Å²) in [5.41, 5.74) is 0. The molecule has 0 spiro atoms. The summed E-state index contributed by atoms with van der Waals surface area (Å²) in [6.45, 7) is 2.45. The minimum atomic E-state index is -0.137. The van der Waals surface area contributed by atoms with Crippen molar-refractivity contribution in [3.63, 3.8) is 0 Å². The molecule has 22 heavy (non-hydrogen) atoms. The van der Waals surface area contributed by atoms with Gasteiger partial charge in [-0.2, -0.15) is 0 Å². The van der Waals surface area contributed by atoms with Crippen molar-refractivity contribution in [2.45, 2.75) is 23.1 Å². The summed E-state index contributed by atoms with van der Waals surface area (Å²) in [6.07, 6.45) is 1.65. The second-order valence-corrected chi connectivity index (χ2v) is 6.73. The van der Waals surface area contributed by atoms with E-state index in [9.17, 15) is 4.79 Å². The van der Waals surface area contributed by atoms with Crippen LogP contribution in [0.4, 0.5) is 0 Å². The summed E-state index contributed by atoms with van der Waals surface area (Å²) in [6, 6.07) is 13.8. The van der Waals surface area contributed by atoms with Gasteiger partial charge in [0.25, 0.3) is 0 Å². The maximum absolute atomic E-state index is 12.3. The van der Waals surface area contributed by atoms with Crippen LogP contribution in [0.1, 0.15) is 18.7 Å². The summed E-state index contributed by atoms with van der Waals surface area (Å²) < 4.78 is 5.45. The molecule has 0 saturated carbocycles. The average Bonchev–Trinajstić information content (AvgIpc) is 3.02. The van der Waals surface area contributed by atoms with E-state index in [1.165, 1.54) is 0 Å². The minimum Gasteiger partial charge on any atom is -0.468 e. The van der Waals surface area contributed by atoms with Gasteiger partial charge in [-0.1, -0.05) is 18.2 Å². The van der Waals surface area contributed by atoms with Crippen molar-refractivity contribution >= 4 is 17.7 Å². The van der Waals surface area contributed by atoms with Crippen LogP contribution in [0.2, 0.25) is 0 Å². The van der Waals surface area contributed by atoms with Gasteiger partial charge in [-0.15, -0.1) is 11.8 Å². The van der Waals surface area contributed by atoms with Gasteiger partial charge in [0, 0.05) is 11.4 Å². The smallest absolute Gasteiger partial charge is 0.233 e. The van der Waals surface area contributed by atoms with Gasteiger partial charge < -0.3 is 9.73 Å². The quantitative estimate of drug-likeness (QED) is 0.797. The Bertz CT molecular complexity index is 570. The monoisotopic (exact) mass is 318 g/mol. The van der Waals surface area contributed by atoms with Crippen molar-refractivity contribution in [3.05, 3.63) is 54.5 Å². The Morgan fingerprint density at radius 2 is 1.95 bits per heavy atom. The Morgan fingerprint density at radius 1 is 1.23 bits per heavy atom. The van der Waals surface area contributed by atoms with E-state index >= 15 is 0 Å². The maximum atomic E-state index is 12.3. The lowest BCUT2D eigenvalue weighted by molar-refractivity contribution is -0.120. The van der Waals surface area contributed by atoms with Gasteiger partial charge in [-0.3, -0.25) is 9.69 Å². The number of carbonyl (C=O) groups excluding carboxylic acids is 1. The molecule has 1 heterocycles. The van der Waals surface area contributed by atoms with Gasteiger partial charge in [0.15, 0.2) is 0 Å². The number of carbonyl (C=O) groups is 1. The van der Waals surface area contributed by atoms with Crippen LogP contribution in [0.25, 0.3) is 0 Å². The fourth-order valence-corrected chi connectivity index (χ4v) is 3.03. The third-order valence-electron chi connectivity index (χ3n) is 3.39. The molecule has 1 amide bonds. The van der Waals surface area contributed by atoms with Crippen molar-refractivity contribution in [1.82, 2.24) is 10.2 Å². The number of furan rings is 1. The van der Waals surface area contributed by atoms with Crippen molar-refractivity contribution in [2.75, 3.05) is 20.6 Å². The minimum absolute atomic E-state index is 0.0345. The topological polar surface area (TPSA) is 45.5 Å². The van der Waals surface area contributed by atoms with Gasteiger partial charge in [-0.05, 0) is 45.3 Å². The van der Waals surface area contributed by atoms with E-state index in [0.29, 0.717) is 6.54 Å². The number of amides is 1. The van der Waals surface area contributed by atoms with Crippen LogP contribution in [0, 0.1) is 0 Å². The first kappa shape index (κ1) is 16.6. The Kier molecular flexibility index (Phi) is 6.10. The molecule has 0 aliphatic carbocycles. The standard InChI is InChI=1S/C17H22N2O2S/c1-13(22-14-8-5-4-6-9-14)17(20)18-12-15(19(2)3)16-10-7-11-21-16/h4-11,13,15H,12H2,1-3H3,(H,18,20). The molecule has 5 heteroatoms. The van der Waals surface area contributed by atoms with Crippen LogP contribution in [-0.2, 0) is 4.79 Å². The number of hydrogen-bond acceptors (Lipinski definition) is 4. The first-order valence-electron chi connectivity index (χ1n) is 7.27. The number of thioether (sulfide) groups is 1. The lowest BCUT2D eigenvalue weighted by Crippen LogP contribution is -2.37. The number of benzene rings is 1. The molecule has 1 N–H and O–H groups in total. The predicted octanol–water partition coefficient (Wildman–Crippen LogP) is 3.18. The average molecular weight is 318 g/mol. The highest BCUT2D eigenvalue weighted by atomic mass is 32.2. The maximum Gasteiger partial charge on any atom is 0.233 e. The van der Waals surface area contributed by atoms with Crippen LogP contribution in [0.3, 0.4) is 0 Å². The molecule has 0 saturated heterocycles. The van der Waals surface area contributed by atoms with E-state index in [1.807, 2.05) is 68.4 Å². The van der Waals surface area contributed by atoms with E-state index in [4.69, 9.17) is 4.42 Å². The van der Waals surface area contributed by atoms with E-state index < -0.39 is 0 Å². The molecule has 1 aromatic carbocycles. The van der Waals surface area contributed by atoms with Crippen LogP contribution in [0.5, 0.6) is 0 Å². The number of hydrogen-bond donors (Lipinski definition) is 1. The van der Waals surface area contributed by atoms with E-state index in [-0.39, 0.29) is 17.2 Å². The van der Waals surface area contributed by atoms with Gasteiger partial charge in [-0.25, -0.2) is 0 Å². The molecule has 2 unspecified atom stereocenters. The summed E-state index contributed by atoms with van der Waals surface area (Å²) in [4.78, 5) is 15.4. The fourth-order valence-electron chi connectivity index (χ4n) is 2.12. The predicted molar refractivity (Wildman–Crippen MR) is 89.9 cm³/mol. The number of likely N-dealkylation sites (N-methyl/N-ethyl adjacent to an activating group) is 1. The number of nitrogens with one attached hydrogen (secondary N) is 1. The number of rotatable bonds is 7. The highest BCUT2D eigenvalue weighted by molar-refractivity contribution is 8.00. The van der Waals surface area contributed by atoms with Crippen molar-refractivity contribution in [1.29, 1.82) is 0 Å². The number of nitrogens with zero attached hydrogens (tertiary/aromatic N) is 1. The Hall–Kier alpha value is -1.72. The third-order valence-corrected chi connectivity index (χ3v) is 4.50. The zero-order valence-corrected chi connectivity index (χ0v) is 14.0. The zero-order valence-electron chi connectivity index (χ0n) is 13.2. The molecule has 2 rings (SSSR count). The molecule has 0 aliphatic heterocycles. The molecule has 118 valence electrons. The first-order chi connectivity index (χ1) is 10.6.